The summed E-state index contributed by atoms with van der Waals surface area (Å²) in [6, 6.07) is 15.6. The van der Waals surface area contributed by atoms with E-state index in [9.17, 15) is 14.9 Å². The molecule has 0 aliphatic heterocycles. The average Bonchev–Trinajstić information content (AvgIpc) is 2.99. The van der Waals surface area contributed by atoms with Gasteiger partial charge in [0.15, 0.2) is 0 Å². The number of rotatable bonds is 3. The lowest BCUT2D eigenvalue weighted by atomic mass is 9.81. The van der Waals surface area contributed by atoms with Gasteiger partial charge >= 0.3 is 11.9 Å². The second-order valence-electron chi connectivity index (χ2n) is 6.19. The molecule has 1 aliphatic rings. The number of hydrogen-bond acceptors (Lipinski definition) is 6. The number of nitriles is 1. The third kappa shape index (κ3) is 2.40. The smallest absolute Gasteiger partial charge is 0.329 e. The highest BCUT2D eigenvalue weighted by Crippen LogP contribution is 2.50. The molecule has 1 atom stereocenters. The molecule has 6 nitrogen and oxygen atoms in total. The molecule has 2 aromatic rings. The van der Waals surface area contributed by atoms with E-state index in [-0.39, 0.29) is 17.7 Å². The molecule has 0 fully saturated rings. The molecule has 6 heteroatoms. The second-order valence-corrected chi connectivity index (χ2v) is 6.19. The zero-order valence-electron chi connectivity index (χ0n) is 14.5. The molecule has 3 rings (SSSR count). The molecule has 1 aliphatic carbocycles. The SMILES string of the molecule is COC(=O)C1(C(=O)OC)C[C@H](c2ccc3ccccc3c2)C(C#N)=C1N. The summed E-state index contributed by atoms with van der Waals surface area (Å²) in [5, 5.41) is 11.7. The molecule has 0 radical (unpaired) electrons. The number of allylic oxidation sites excluding steroid dienone is 1. The molecule has 26 heavy (non-hydrogen) atoms. The largest absolute Gasteiger partial charge is 0.468 e. The fourth-order valence-corrected chi connectivity index (χ4v) is 3.60. The highest BCUT2D eigenvalue weighted by atomic mass is 16.5. The molecule has 0 spiro atoms. The molecule has 0 heterocycles. The van der Waals surface area contributed by atoms with Gasteiger partial charge in [0, 0.05) is 5.92 Å². The molecule has 2 N–H and O–H groups in total. The van der Waals surface area contributed by atoms with E-state index in [0.717, 1.165) is 16.3 Å². The van der Waals surface area contributed by atoms with Gasteiger partial charge in [-0.15, -0.1) is 0 Å². The van der Waals surface area contributed by atoms with Gasteiger partial charge in [-0.3, -0.25) is 9.59 Å². The molecule has 2 aromatic carbocycles. The van der Waals surface area contributed by atoms with Gasteiger partial charge in [-0.2, -0.15) is 5.26 Å². The van der Waals surface area contributed by atoms with Crippen molar-refractivity contribution < 1.29 is 19.1 Å². The number of hydrogen-bond donors (Lipinski definition) is 1. The number of carbonyl (C=O) groups excluding carboxylic acids is 2. The molecule has 0 amide bonds. The van der Waals surface area contributed by atoms with Crippen molar-refractivity contribution in [1.82, 2.24) is 0 Å². The normalized spacial score (nSPS) is 18.4. The molecular weight excluding hydrogens is 332 g/mol. The standard InChI is InChI=1S/C20H18N2O4/c1-25-18(23)20(19(24)26-2)10-15(16(11-21)17(20)22)14-8-7-12-5-3-4-6-13(12)9-14/h3-9,15H,10,22H2,1-2H3/t15-/m1/s1. The van der Waals surface area contributed by atoms with Crippen molar-refractivity contribution in [3.63, 3.8) is 0 Å². The molecule has 132 valence electrons. The van der Waals surface area contributed by atoms with Crippen LogP contribution >= 0.6 is 0 Å². The summed E-state index contributed by atoms with van der Waals surface area (Å²) in [5.74, 6) is -2.14. The zero-order chi connectivity index (χ0) is 18.9. The number of nitrogens with two attached hydrogens (primary N) is 1. The maximum atomic E-state index is 12.5. The Kier molecular flexibility index (Phi) is 4.39. The molecule has 0 saturated carbocycles. The number of esters is 2. The maximum absolute atomic E-state index is 12.5. The predicted octanol–water partition coefficient (Wildman–Crippen LogP) is 2.40. The lowest BCUT2D eigenvalue weighted by Gasteiger charge is -2.25. The van der Waals surface area contributed by atoms with Crippen molar-refractivity contribution in [1.29, 1.82) is 5.26 Å². The first-order valence-electron chi connectivity index (χ1n) is 8.05. The van der Waals surface area contributed by atoms with E-state index in [1.807, 2.05) is 42.5 Å². The van der Waals surface area contributed by atoms with Crippen molar-refractivity contribution >= 4 is 22.7 Å². The van der Waals surface area contributed by atoms with Gasteiger partial charge in [0.05, 0.1) is 31.6 Å². The summed E-state index contributed by atoms with van der Waals surface area (Å²) in [7, 11) is 2.35. The fraction of sp³-hybridized carbons (Fsp3) is 0.250. The van der Waals surface area contributed by atoms with Crippen LogP contribution in [0, 0.1) is 16.7 Å². The van der Waals surface area contributed by atoms with Crippen LogP contribution < -0.4 is 5.73 Å². The number of fused-ring (bicyclic) bond motifs is 1. The molecule has 0 bridgehead atoms. The second kappa shape index (κ2) is 6.52. The summed E-state index contributed by atoms with van der Waals surface area (Å²) in [4.78, 5) is 24.9. The molecule has 0 saturated heterocycles. The molecule has 0 aromatic heterocycles. The van der Waals surface area contributed by atoms with E-state index >= 15 is 0 Å². The number of benzene rings is 2. The van der Waals surface area contributed by atoms with E-state index in [1.54, 1.807) is 0 Å². The average molecular weight is 350 g/mol. The van der Waals surface area contributed by atoms with E-state index in [2.05, 4.69) is 6.07 Å². The first-order chi connectivity index (χ1) is 12.5. The number of nitrogens with zero attached hydrogens (tertiary/aromatic N) is 1. The van der Waals surface area contributed by atoms with E-state index in [1.165, 1.54) is 14.2 Å². The summed E-state index contributed by atoms with van der Waals surface area (Å²) < 4.78 is 9.63. The lowest BCUT2D eigenvalue weighted by molar-refractivity contribution is -0.166. The van der Waals surface area contributed by atoms with Gasteiger partial charge in [0.25, 0.3) is 0 Å². The Balaban J connectivity index is 2.16. The quantitative estimate of drug-likeness (QED) is 0.673. The predicted molar refractivity (Wildman–Crippen MR) is 94.6 cm³/mol. The van der Waals surface area contributed by atoms with Gasteiger partial charge in [-0.1, -0.05) is 42.5 Å². The minimum atomic E-state index is -1.80. The Hall–Kier alpha value is -3.33. The van der Waals surface area contributed by atoms with Crippen molar-refractivity contribution in [3.05, 3.63) is 59.3 Å². The van der Waals surface area contributed by atoms with Crippen molar-refractivity contribution in [3.8, 4) is 6.07 Å². The van der Waals surface area contributed by atoms with Crippen LogP contribution in [0.25, 0.3) is 10.8 Å². The molecular formula is C20H18N2O4. The van der Waals surface area contributed by atoms with E-state index < -0.39 is 23.3 Å². The fourth-order valence-electron chi connectivity index (χ4n) is 3.60. The van der Waals surface area contributed by atoms with Gasteiger partial charge < -0.3 is 15.2 Å². The lowest BCUT2D eigenvalue weighted by Crippen LogP contribution is -2.43. The van der Waals surface area contributed by atoms with Crippen LogP contribution in [0.1, 0.15) is 17.9 Å². The van der Waals surface area contributed by atoms with Crippen LogP contribution in [-0.2, 0) is 19.1 Å². The van der Waals surface area contributed by atoms with Gasteiger partial charge in [0.2, 0.25) is 5.41 Å². The third-order valence-electron chi connectivity index (χ3n) is 4.97. The third-order valence-corrected chi connectivity index (χ3v) is 4.97. The van der Waals surface area contributed by atoms with Crippen LogP contribution in [0.2, 0.25) is 0 Å². The number of carbonyl (C=O) groups is 2. The topological polar surface area (TPSA) is 102 Å². The monoisotopic (exact) mass is 350 g/mol. The summed E-state index contributed by atoms with van der Waals surface area (Å²) in [6.45, 7) is 0. The first kappa shape index (κ1) is 17.5. The van der Waals surface area contributed by atoms with Gasteiger partial charge in [0.1, 0.15) is 0 Å². The van der Waals surface area contributed by atoms with Crippen LogP contribution in [-0.4, -0.2) is 26.2 Å². The Morgan fingerprint density at radius 3 is 2.31 bits per heavy atom. The van der Waals surface area contributed by atoms with Crippen LogP contribution in [0.5, 0.6) is 0 Å². The van der Waals surface area contributed by atoms with Gasteiger partial charge in [-0.25, -0.2) is 0 Å². The Morgan fingerprint density at radius 1 is 1.12 bits per heavy atom. The Morgan fingerprint density at radius 2 is 1.73 bits per heavy atom. The Bertz CT molecular complexity index is 955. The summed E-state index contributed by atoms with van der Waals surface area (Å²) in [6.07, 6.45) is -0.000582. The number of ether oxygens (including phenoxy) is 2. The highest BCUT2D eigenvalue weighted by molar-refractivity contribution is 6.04. The Labute approximate surface area is 150 Å². The minimum absolute atomic E-state index is 0.000582. The van der Waals surface area contributed by atoms with Crippen molar-refractivity contribution in [2.45, 2.75) is 12.3 Å². The first-order valence-corrected chi connectivity index (χ1v) is 8.05. The minimum Gasteiger partial charge on any atom is -0.468 e. The number of methoxy groups -OCH3 is 2. The summed E-state index contributed by atoms with van der Waals surface area (Å²) >= 11 is 0. The van der Waals surface area contributed by atoms with Crippen LogP contribution in [0.15, 0.2) is 53.7 Å². The molecule has 0 unspecified atom stereocenters. The van der Waals surface area contributed by atoms with E-state index in [4.69, 9.17) is 15.2 Å². The van der Waals surface area contributed by atoms with Crippen molar-refractivity contribution in [2.75, 3.05) is 14.2 Å². The van der Waals surface area contributed by atoms with Crippen molar-refractivity contribution in [2.24, 2.45) is 11.1 Å². The van der Waals surface area contributed by atoms with E-state index in [0.29, 0.717) is 0 Å². The van der Waals surface area contributed by atoms with Crippen LogP contribution in [0.4, 0.5) is 0 Å². The maximum Gasteiger partial charge on any atom is 0.329 e. The highest BCUT2D eigenvalue weighted by Gasteiger charge is 2.58. The zero-order valence-corrected chi connectivity index (χ0v) is 14.5. The van der Waals surface area contributed by atoms with Gasteiger partial charge in [-0.05, 0) is 22.8 Å². The summed E-state index contributed by atoms with van der Waals surface area (Å²) in [5.41, 5.74) is 5.21. The van der Waals surface area contributed by atoms with Crippen LogP contribution in [0.3, 0.4) is 0 Å².